The van der Waals surface area contributed by atoms with Gasteiger partial charge < -0.3 is 4.74 Å². The summed E-state index contributed by atoms with van der Waals surface area (Å²) in [4.78, 5) is 0. The van der Waals surface area contributed by atoms with Gasteiger partial charge >= 0.3 is 0 Å². The largest absolute Gasteiger partial charge is 0.491 e. The summed E-state index contributed by atoms with van der Waals surface area (Å²) in [6.45, 7) is 6.97. The van der Waals surface area contributed by atoms with Crippen LogP contribution in [0, 0.1) is 17.7 Å². The van der Waals surface area contributed by atoms with E-state index in [0.29, 0.717) is 18.3 Å². The molecule has 3 atom stereocenters. The molecule has 0 saturated heterocycles. The molecule has 1 unspecified atom stereocenters. The fraction of sp³-hybridized carbons (Fsp3) is 0.739. The number of halogens is 1. The molecule has 0 radical (unpaired) electrons. The summed E-state index contributed by atoms with van der Waals surface area (Å²) < 4.78 is 19.7. The van der Waals surface area contributed by atoms with Crippen molar-refractivity contribution < 1.29 is 9.13 Å². The molecular formula is C23H37FO. The van der Waals surface area contributed by atoms with Crippen molar-refractivity contribution in [1.29, 1.82) is 0 Å². The molecule has 0 amide bonds. The highest BCUT2D eigenvalue weighted by atomic mass is 19.1. The zero-order chi connectivity index (χ0) is 18.1. The van der Waals surface area contributed by atoms with Gasteiger partial charge in [-0.2, -0.15) is 0 Å². The number of hydrogen-bond acceptors (Lipinski definition) is 1. The fourth-order valence-corrected chi connectivity index (χ4v) is 4.48. The zero-order valence-corrected chi connectivity index (χ0v) is 16.5. The molecule has 2 rings (SSSR count). The maximum Gasteiger partial charge on any atom is 0.165 e. The molecule has 1 nitrogen and oxygen atoms in total. The molecule has 142 valence electrons. The minimum Gasteiger partial charge on any atom is -0.491 e. The highest BCUT2D eigenvalue weighted by molar-refractivity contribution is 5.32. The number of ether oxygens (including phenoxy) is 1. The summed E-state index contributed by atoms with van der Waals surface area (Å²) in [5, 5.41) is 0. The lowest BCUT2D eigenvalue weighted by molar-refractivity contribution is 0.216. The van der Waals surface area contributed by atoms with E-state index in [4.69, 9.17) is 4.74 Å². The first-order valence-corrected chi connectivity index (χ1v) is 10.6. The quantitative estimate of drug-likeness (QED) is 0.398. The summed E-state index contributed by atoms with van der Waals surface area (Å²) in [5.41, 5.74) is 1.19. The third-order valence-electron chi connectivity index (χ3n) is 6.04. The van der Waals surface area contributed by atoms with Gasteiger partial charge in [-0.1, -0.05) is 64.9 Å². The van der Waals surface area contributed by atoms with Gasteiger partial charge in [0.05, 0.1) is 6.61 Å². The predicted octanol–water partition coefficient (Wildman–Crippen LogP) is 7.49. The minimum absolute atomic E-state index is 0.195. The van der Waals surface area contributed by atoms with E-state index < -0.39 is 0 Å². The molecule has 0 heterocycles. The van der Waals surface area contributed by atoms with E-state index in [1.807, 2.05) is 13.0 Å². The van der Waals surface area contributed by atoms with Crippen LogP contribution in [-0.4, -0.2) is 6.61 Å². The molecule has 1 aliphatic rings. The number of unbranched alkanes of at least 4 members (excludes halogenated alkanes) is 4. The number of hydrogen-bond donors (Lipinski definition) is 0. The van der Waals surface area contributed by atoms with Gasteiger partial charge in [0.15, 0.2) is 11.6 Å². The molecule has 0 spiro atoms. The average molecular weight is 349 g/mol. The molecule has 0 bridgehead atoms. The standard InChI is InChI=1S/C23H37FO/c1-4-7-8-9-10-11-19-13-12-18(5-2)16-21(19)20-14-15-23(25-6-3)22(24)17-20/h14-15,17-19,21H,4-13,16H2,1-3H3/t18-,19?,21+/m1/s1. The molecule has 25 heavy (non-hydrogen) atoms. The van der Waals surface area contributed by atoms with Crippen molar-refractivity contribution in [3.8, 4) is 5.75 Å². The Kier molecular flexibility index (Phi) is 8.78. The number of benzene rings is 1. The van der Waals surface area contributed by atoms with E-state index in [9.17, 15) is 4.39 Å². The zero-order valence-electron chi connectivity index (χ0n) is 16.5. The van der Waals surface area contributed by atoms with E-state index in [-0.39, 0.29) is 5.82 Å². The van der Waals surface area contributed by atoms with Crippen LogP contribution < -0.4 is 4.74 Å². The minimum atomic E-state index is -0.195. The monoisotopic (exact) mass is 348 g/mol. The van der Waals surface area contributed by atoms with Crippen molar-refractivity contribution in [1.82, 2.24) is 0 Å². The second-order valence-electron chi connectivity index (χ2n) is 7.78. The maximum atomic E-state index is 14.4. The lowest BCUT2D eigenvalue weighted by Gasteiger charge is -2.36. The third kappa shape index (κ3) is 6.01. The molecule has 0 N–H and O–H groups in total. The molecule has 1 saturated carbocycles. The average Bonchev–Trinajstić information content (AvgIpc) is 2.63. The molecular weight excluding hydrogens is 311 g/mol. The van der Waals surface area contributed by atoms with Gasteiger partial charge in [0.2, 0.25) is 0 Å². The smallest absolute Gasteiger partial charge is 0.165 e. The Bertz CT molecular complexity index is 499. The van der Waals surface area contributed by atoms with Crippen LogP contribution in [0.5, 0.6) is 5.75 Å². The highest BCUT2D eigenvalue weighted by Gasteiger charge is 2.31. The molecule has 1 aromatic rings. The molecule has 0 aliphatic heterocycles. The summed E-state index contributed by atoms with van der Waals surface area (Å²) in [5.74, 6) is 2.25. The van der Waals surface area contributed by atoms with Crippen molar-refractivity contribution in [2.24, 2.45) is 11.8 Å². The molecule has 1 aromatic carbocycles. The van der Waals surface area contributed by atoms with Crippen molar-refractivity contribution in [3.63, 3.8) is 0 Å². The summed E-state index contributed by atoms with van der Waals surface area (Å²) in [6, 6.07) is 5.70. The van der Waals surface area contributed by atoms with Gasteiger partial charge in [-0.15, -0.1) is 0 Å². The predicted molar refractivity (Wildman–Crippen MR) is 105 cm³/mol. The van der Waals surface area contributed by atoms with Gasteiger partial charge in [-0.05, 0) is 61.6 Å². The van der Waals surface area contributed by atoms with Crippen molar-refractivity contribution >= 4 is 0 Å². The van der Waals surface area contributed by atoms with Gasteiger partial charge in [-0.25, -0.2) is 4.39 Å². The van der Waals surface area contributed by atoms with Crippen LogP contribution in [0.15, 0.2) is 18.2 Å². The van der Waals surface area contributed by atoms with Gasteiger partial charge in [0.25, 0.3) is 0 Å². The third-order valence-corrected chi connectivity index (χ3v) is 6.04. The highest BCUT2D eigenvalue weighted by Crippen LogP contribution is 2.44. The first-order chi connectivity index (χ1) is 12.2. The van der Waals surface area contributed by atoms with Crippen molar-refractivity contribution in [2.75, 3.05) is 6.61 Å². The molecule has 0 aromatic heterocycles. The van der Waals surface area contributed by atoms with Gasteiger partial charge in [0.1, 0.15) is 0 Å². The Morgan fingerprint density at radius 2 is 1.84 bits per heavy atom. The van der Waals surface area contributed by atoms with Crippen LogP contribution in [0.3, 0.4) is 0 Å². The first kappa shape index (κ1) is 20.3. The van der Waals surface area contributed by atoms with Crippen LogP contribution in [0.4, 0.5) is 4.39 Å². The van der Waals surface area contributed by atoms with E-state index in [1.165, 1.54) is 69.8 Å². The van der Waals surface area contributed by atoms with Crippen molar-refractivity contribution in [3.05, 3.63) is 29.6 Å². The first-order valence-electron chi connectivity index (χ1n) is 10.6. The SMILES string of the molecule is CCCCCCCC1CC[C@@H](CC)C[C@@H]1c1ccc(OCC)c(F)c1. The summed E-state index contributed by atoms with van der Waals surface area (Å²) in [6.07, 6.45) is 13.2. The Hall–Kier alpha value is -1.05. The van der Waals surface area contributed by atoms with Crippen LogP contribution >= 0.6 is 0 Å². The Balaban J connectivity index is 2.04. The van der Waals surface area contributed by atoms with E-state index >= 15 is 0 Å². The normalized spacial score (nSPS) is 23.6. The maximum absolute atomic E-state index is 14.4. The van der Waals surface area contributed by atoms with E-state index in [1.54, 1.807) is 6.07 Å². The number of rotatable bonds is 10. The molecule has 1 fully saturated rings. The Morgan fingerprint density at radius 3 is 2.52 bits per heavy atom. The van der Waals surface area contributed by atoms with Crippen LogP contribution in [0.1, 0.15) is 96.5 Å². The van der Waals surface area contributed by atoms with Crippen LogP contribution in [0.25, 0.3) is 0 Å². The topological polar surface area (TPSA) is 9.23 Å². The van der Waals surface area contributed by atoms with E-state index in [2.05, 4.69) is 19.9 Å². The lowest BCUT2D eigenvalue weighted by Crippen LogP contribution is -2.23. The Labute approximate surface area is 154 Å². The van der Waals surface area contributed by atoms with Gasteiger partial charge in [0, 0.05) is 0 Å². The summed E-state index contributed by atoms with van der Waals surface area (Å²) in [7, 11) is 0. The summed E-state index contributed by atoms with van der Waals surface area (Å²) >= 11 is 0. The lowest BCUT2D eigenvalue weighted by atomic mass is 9.69. The van der Waals surface area contributed by atoms with Crippen LogP contribution in [0.2, 0.25) is 0 Å². The fourth-order valence-electron chi connectivity index (χ4n) is 4.48. The van der Waals surface area contributed by atoms with E-state index in [0.717, 1.165) is 11.8 Å². The van der Waals surface area contributed by atoms with Gasteiger partial charge in [-0.3, -0.25) is 0 Å². The van der Waals surface area contributed by atoms with Crippen molar-refractivity contribution in [2.45, 2.75) is 90.9 Å². The molecule has 2 heteroatoms. The second kappa shape index (κ2) is 10.8. The Morgan fingerprint density at radius 1 is 1.04 bits per heavy atom. The second-order valence-corrected chi connectivity index (χ2v) is 7.78. The molecule has 1 aliphatic carbocycles. The van der Waals surface area contributed by atoms with Crippen LogP contribution in [-0.2, 0) is 0 Å².